The van der Waals surface area contributed by atoms with Crippen LogP contribution in [0.2, 0.25) is 0 Å². The third kappa shape index (κ3) is 6.36. The van der Waals surface area contributed by atoms with E-state index in [0.717, 1.165) is 23.3 Å². The number of anilines is 2. The summed E-state index contributed by atoms with van der Waals surface area (Å²) in [6, 6.07) is 2.64. The normalized spacial score (nSPS) is 16.2. The minimum absolute atomic E-state index is 0.179. The number of rotatable bonds is 7. The van der Waals surface area contributed by atoms with E-state index in [1.54, 1.807) is 12.4 Å². The molecule has 0 amide bonds. The van der Waals surface area contributed by atoms with E-state index in [-0.39, 0.29) is 17.5 Å². The Balaban J connectivity index is 0.00000163. The first-order chi connectivity index (χ1) is 12.5. The highest BCUT2D eigenvalue weighted by Gasteiger charge is 2.13. The van der Waals surface area contributed by atoms with Crippen LogP contribution in [0.5, 0.6) is 0 Å². The molecule has 0 bridgehead atoms. The second-order valence-electron chi connectivity index (χ2n) is 5.36. The Morgan fingerprint density at radius 3 is 2.69 bits per heavy atom. The van der Waals surface area contributed by atoms with Crippen LogP contribution in [0.4, 0.5) is 20.2 Å². The highest BCUT2D eigenvalue weighted by Crippen LogP contribution is 2.28. The highest BCUT2D eigenvalue weighted by molar-refractivity contribution is 8.00. The maximum Gasteiger partial charge on any atom is 0.173 e. The lowest BCUT2D eigenvalue weighted by Gasteiger charge is -2.15. The van der Waals surface area contributed by atoms with Crippen molar-refractivity contribution in [2.75, 3.05) is 22.8 Å². The van der Waals surface area contributed by atoms with Gasteiger partial charge < -0.3 is 26.8 Å². The molecular weight excluding hydrogens is 356 g/mol. The zero-order valence-corrected chi connectivity index (χ0v) is 16.1. The third-order valence-electron chi connectivity index (χ3n) is 3.38. The van der Waals surface area contributed by atoms with Gasteiger partial charge in [-0.2, -0.15) is 0 Å². The van der Waals surface area contributed by atoms with Gasteiger partial charge in [0.25, 0.3) is 0 Å². The molecule has 1 unspecified atom stereocenters. The molecule has 1 aromatic rings. The lowest BCUT2D eigenvalue weighted by Crippen LogP contribution is -2.33. The largest absolute Gasteiger partial charge is 0.372 e. The van der Waals surface area contributed by atoms with Gasteiger partial charge in [-0.25, -0.2) is 8.78 Å². The summed E-state index contributed by atoms with van der Waals surface area (Å²) in [7, 11) is 1.50. The van der Waals surface area contributed by atoms with Crippen LogP contribution in [-0.2, 0) is 0 Å². The monoisotopic (exact) mass is 383 g/mol. The topological polar surface area (TPSA) is 88.1 Å². The van der Waals surface area contributed by atoms with Gasteiger partial charge in [-0.05, 0) is 49.7 Å². The number of nitrogens with one attached hydrogen (secondary N) is 3. The second-order valence-corrected chi connectivity index (χ2v) is 6.26. The molecule has 1 aliphatic rings. The SMILES string of the molecule is CCCSNc1ccc(F)c(N/C=C(\C)C2=CNC(N)C=C2)c1F.CN. The lowest BCUT2D eigenvalue weighted by atomic mass is 10.1. The molecule has 144 valence electrons. The Morgan fingerprint density at radius 2 is 2.08 bits per heavy atom. The first kappa shape index (κ1) is 22.0. The Morgan fingerprint density at radius 1 is 1.35 bits per heavy atom. The first-order valence-corrected chi connectivity index (χ1v) is 9.28. The van der Waals surface area contributed by atoms with Crippen LogP contribution in [-0.4, -0.2) is 19.0 Å². The molecule has 26 heavy (non-hydrogen) atoms. The molecule has 1 atom stereocenters. The molecule has 2 rings (SSSR count). The van der Waals surface area contributed by atoms with Gasteiger partial charge in [0.05, 0.1) is 11.9 Å². The van der Waals surface area contributed by atoms with Gasteiger partial charge >= 0.3 is 0 Å². The summed E-state index contributed by atoms with van der Waals surface area (Å²) in [4.78, 5) is 0. The molecule has 0 fully saturated rings. The van der Waals surface area contributed by atoms with Crippen LogP contribution in [0.15, 0.2) is 47.8 Å². The molecule has 5 nitrogen and oxygen atoms in total. The van der Waals surface area contributed by atoms with E-state index < -0.39 is 11.6 Å². The van der Waals surface area contributed by atoms with Gasteiger partial charge in [0.15, 0.2) is 5.82 Å². The summed E-state index contributed by atoms with van der Waals surface area (Å²) >= 11 is 1.39. The minimum Gasteiger partial charge on any atom is -0.372 e. The van der Waals surface area contributed by atoms with Gasteiger partial charge in [0.1, 0.15) is 11.5 Å². The summed E-state index contributed by atoms with van der Waals surface area (Å²) in [6.45, 7) is 3.88. The minimum atomic E-state index is -0.643. The van der Waals surface area contributed by atoms with Crippen LogP contribution in [0.1, 0.15) is 20.3 Å². The van der Waals surface area contributed by atoms with E-state index in [1.807, 2.05) is 26.0 Å². The molecule has 0 radical (unpaired) electrons. The highest BCUT2D eigenvalue weighted by atomic mass is 32.2. The van der Waals surface area contributed by atoms with Crippen molar-refractivity contribution in [2.45, 2.75) is 26.4 Å². The standard InChI is InChI=1S/C17H22F2N4S.CH5N/c1-3-8-24-23-14-6-5-13(18)17(16(14)19)22-9-11(2)12-4-7-15(20)21-10-12;1-2/h4-7,9-10,15,21-23H,3,8,20H2,1-2H3;2H2,1H3/b11-9+;. The number of dihydropyridines is 1. The maximum atomic E-state index is 14.4. The van der Waals surface area contributed by atoms with Crippen LogP contribution in [0, 0.1) is 11.6 Å². The zero-order chi connectivity index (χ0) is 19.5. The van der Waals surface area contributed by atoms with Crippen molar-refractivity contribution in [2.24, 2.45) is 11.5 Å². The number of hydrogen-bond donors (Lipinski definition) is 5. The van der Waals surface area contributed by atoms with Crippen molar-refractivity contribution >= 4 is 23.3 Å². The van der Waals surface area contributed by atoms with E-state index in [0.29, 0.717) is 0 Å². The summed E-state index contributed by atoms with van der Waals surface area (Å²) in [6.07, 6.45) is 7.76. The smallest absolute Gasteiger partial charge is 0.173 e. The summed E-state index contributed by atoms with van der Waals surface area (Å²) < 4.78 is 31.3. The van der Waals surface area contributed by atoms with Gasteiger partial charge in [-0.1, -0.05) is 24.9 Å². The van der Waals surface area contributed by atoms with Crippen LogP contribution in [0.3, 0.4) is 0 Å². The number of nitrogens with two attached hydrogens (primary N) is 2. The number of hydrogen-bond acceptors (Lipinski definition) is 6. The molecule has 0 saturated carbocycles. The fourth-order valence-electron chi connectivity index (χ4n) is 2.00. The number of halogens is 2. The van der Waals surface area contributed by atoms with Gasteiger partial charge in [-0.3, -0.25) is 0 Å². The predicted molar refractivity (Wildman–Crippen MR) is 109 cm³/mol. The average molecular weight is 384 g/mol. The average Bonchev–Trinajstić information content (AvgIpc) is 2.65. The fourth-order valence-corrected chi connectivity index (χ4v) is 2.62. The van der Waals surface area contributed by atoms with Crippen LogP contribution in [0.25, 0.3) is 0 Å². The summed E-state index contributed by atoms with van der Waals surface area (Å²) in [5.74, 6) is -0.444. The summed E-state index contributed by atoms with van der Waals surface area (Å²) in [5.41, 5.74) is 12.0. The molecule has 0 aliphatic carbocycles. The Bertz CT molecular complexity index is 674. The molecule has 0 saturated heterocycles. The molecule has 1 heterocycles. The van der Waals surface area contributed by atoms with Crippen molar-refractivity contribution in [3.63, 3.8) is 0 Å². The van der Waals surface area contributed by atoms with Crippen LogP contribution < -0.4 is 26.8 Å². The molecule has 0 aromatic heterocycles. The van der Waals surface area contributed by atoms with E-state index in [2.05, 4.69) is 21.1 Å². The van der Waals surface area contributed by atoms with Crippen molar-refractivity contribution < 1.29 is 8.78 Å². The quantitative estimate of drug-likeness (QED) is 0.365. The Kier molecular flexibility index (Phi) is 9.79. The Labute approximate surface area is 158 Å². The third-order valence-corrected chi connectivity index (χ3v) is 4.36. The molecule has 1 aliphatic heterocycles. The van der Waals surface area contributed by atoms with E-state index in [9.17, 15) is 8.78 Å². The predicted octanol–water partition coefficient (Wildman–Crippen LogP) is 3.65. The van der Waals surface area contributed by atoms with Crippen molar-refractivity contribution in [1.82, 2.24) is 5.32 Å². The summed E-state index contributed by atoms with van der Waals surface area (Å²) in [5, 5.41) is 5.70. The van der Waals surface area contributed by atoms with Crippen LogP contribution >= 0.6 is 11.9 Å². The molecule has 7 N–H and O–H groups in total. The van der Waals surface area contributed by atoms with E-state index in [4.69, 9.17) is 5.73 Å². The Hall–Kier alpha value is -2.03. The molecule has 1 aromatic carbocycles. The van der Waals surface area contributed by atoms with Crippen molar-refractivity contribution in [3.8, 4) is 0 Å². The van der Waals surface area contributed by atoms with Crippen molar-refractivity contribution in [1.29, 1.82) is 0 Å². The zero-order valence-electron chi connectivity index (χ0n) is 15.3. The first-order valence-electron chi connectivity index (χ1n) is 8.30. The fraction of sp³-hybridized carbons (Fsp3) is 0.333. The maximum absolute atomic E-state index is 14.4. The second kappa shape index (κ2) is 11.6. The van der Waals surface area contributed by atoms with E-state index in [1.165, 1.54) is 31.1 Å². The molecule has 0 spiro atoms. The van der Waals surface area contributed by atoms with Crippen molar-refractivity contribution in [3.05, 3.63) is 59.5 Å². The van der Waals surface area contributed by atoms with Gasteiger partial charge in [-0.15, -0.1) is 0 Å². The molecular formula is C18H27F2N5S. The number of benzene rings is 1. The van der Waals surface area contributed by atoms with Gasteiger partial charge in [0, 0.05) is 18.2 Å². The number of allylic oxidation sites excluding steroid dienone is 3. The lowest BCUT2D eigenvalue weighted by molar-refractivity contribution is 0.593. The van der Waals surface area contributed by atoms with Gasteiger partial charge in [0.2, 0.25) is 0 Å². The molecule has 8 heteroatoms. The van der Waals surface area contributed by atoms with E-state index >= 15 is 0 Å².